The van der Waals surface area contributed by atoms with Crippen LogP contribution in [0.25, 0.3) is 21.8 Å². The van der Waals surface area contributed by atoms with Gasteiger partial charge in [-0.15, -0.1) is 11.8 Å². The van der Waals surface area contributed by atoms with Gasteiger partial charge in [0.05, 0.1) is 0 Å². The topological polar surface area (TPSA) is 77.7 Å². The van der Waals surface area contributed by atoms with Crippen LogP contribution in [0.15, 0.2) is 101 Å². The van der Waals surface area contributed by atoms with Crippen LogP contribution in [0.2, 0.25) is 0 Å². The van der Waals surface area contributed by atoms with Crippen molar-refractivity contribution in [3.63, 3.8) is 0 Å². The summed E-state index contributed by atoms with van der Waals surface area (Å²) in [5, 5.41) is 5.70. The normalized spacial score (nSPS) is 11.6. The number of aromatic nitrogens is 1. The molecule has 5 aromatic rings. The molecular weight excluding hydrogens is 532 g/mol. The molecule has 0 bridgehead atoms. The molecule has 0 atom stereocenters. The Labute approximate surface area is 243 Å². The predicted molar refractivity (Wildman–Crippen MR) is 165 cm³/mol. The summed E-state index contributed by atoms with van der Waals surface area (Å²) in [6.45, 7) is 5.98. The molecular formula is C34H30N2O4S. The Kier molecular flexibility index (Phi) is 8.45. The highest BCUT2D eigenvalue weighted by Gasteiger charge is 2.20. The Morgan fingerprint density at radius 2 is 1.46 bits per heavy atom. The standard InChI is InChI=1S/C34H30N2O4S/c1-4-36-31-16-14-24(33(38)27-13-9-8-10-22(27)2)20-28(31)29-21-25(15-17-32(29)36)34(39)30(35-40-23(3)37)18-19-41-26-11-6-5-7-12-26/h5-17,20-21H,4,18-19H2,1-3H3. The maximum atomic E-state index is 13.7. The van der Waals surface area contributed by atoms with Crippen LogP contribution in [0.1, 0.15) is 52.1 Å². The zero-order valence-electron chi connectivity index (χ0n) is 23.2. The number of ketones is 2. The van der Waals surface area contributed by atoms with Crippen molar-refractivity contribution >= 4 is 56.8 Å². The maximum Gasteiger partial charge on any atom is 0.331 e. The second-order valence-electron chi connectivity index (χ2n) is 9.71. The van der Waals surface area contributed by atoms with Gasteiger partial charge in [-0.25, -0.2) is 4.79 Å². The maximum absolute atomic E-state index is 13.7. The second-order valence-corrected chi connectivity index (χ2v) is 10.9. The lowest BCUT2D eigenvalue weighted by molar-refractivity contribution is -0.140. The number of nitrogens with zero attached hydrogens (tertiary/aromatic N) is 2. The van der Waals surface area contributed by atoms with Gasteiger partial charge in [-0.2, -0.15) is 0 Å². The first-order chi connectivity index (χ1) is 19.9. The highest BCUT2D eigenvalue weighted by Crippen LogP contribution is 2.32. The third-order valence-electron chi connectivity index (χ3n) is 6.99. The summed E-state index contributed by atoms with van der Waals surface area (Å²) < 4.78 is 2.17. The number of rotatable bonds is 10. The lowest BCUT2D eigenvalue weighted by atomic mass is 9.97. The van der Waals surface area contributed by atoms with E-state index in [1.165, 1.54) is 6.92 Å². The van der Waals surface area contributed by atoms with E-state index < -0.39 is 5.97 Å². The molecule has 0 N–H and O–H groups in total. The molecule has 1 heterocycles. The SMILES string of the molecule is CCn1c2ccc(C(=O)C(CCSc3ccccc3)=NOC(C)=O)cc2c2cc(C(=O)c3ccccc3C)ccc21. The molecule has 0 aliphatic rings. The Bertz CT molecular complexity index is 1800. The highest BCUT2D eigenvalue weighted by atomic mass is 32.2. The number of benzene rings is 4. The van der Waals surface area contributed by atoms with Crippen molar-refractivity contribution in [1.29, 1.82) is 0 Å². The molecule has 0 saturated heterocycles. The number of oxime groups is 1. The van der Waals surface area contributed by atoms with E-state index in [2.05, 4.69) is 16.6 Å². The van der Waals surface area contributed by atoms with Gasteiger partial charge in [0.25, 0.3) is 0 Å². The van der Waals surface area contributed by atoms with E-state index >= 15 is 0 Å². The quantitative estimate of drug-likeness (QED) is 0.0575. The van der Waals surface area contributed by atoms with Crippen LogP contribution >= 0.6 is 11.8 Å². The van der Waals surface area contributed by atoms with Crippen molar-refractivity contribution in [2.24, 2.45) is 5.16 Å². The van der Waals surface area contributed by atoms with Gasteiger partial charge in [-0.05, 0) is 67.9 Å². The van der Waals surface area contributed by atoms with Crippen molar-refractivity contribution in [3.8, 4) is 0 Å². The van der Waals surface area contributed by atoms with Crippen molar-refractivity contribution in [1.82, 2.24) is 4.57 Å². The van der Waals surface area contributed by atoms with Crippen LogP contribution in [-0.4, -0.2) is 33.6 Å². The highest BCUT2D eigenvalue weighted by molar-refractivity contribution is 7.99. The molecule has 7 heteroatoms. The molecule has 0 saturated carbocycles. The molecule has 6 nitrogen and oxygen atoms in total. The lowest BCUT2D eigenvalue weighted by Gasteiger charge is -2.07. The van der Waals surface area contributed by atoms with E-state index in [1.807, 2.05) is 91.9 Å². The number of aryl methyl sites for hydroxylation is 2. The van der Waals surface area contributed by atoms with Crippen LogP contribution in [0.3, 0.4) is 0 Å². The van der Waals surface area contributed by atoms with Gasteiger partial charge in [0.1, 0.15) is 5.71 Å². The summed E-state index contributed by atoms with van der Waals surface area (Å²) >= 11 is 1.60. The fourth-order valence-corrected chi connectivity index (χ4v) is 5.86. The fraction of sp³-hybridized carbons (Fsp3) is 0.176. The van der Waals surface area contributed by atoms with E-state index in [0.717, 1.165) is 38.8 Å². The van der Waals surface area contributed by atoms with E-state index in [0.29, 0.717) is 28.9 Å². The molecule has 0 fully saturated rings. The summed E-state index contributed by atoms with van der Waals surface area (Å²) in [6, 6.07) is 28.8. The Morgan fingerprint density at radius 3 is 2.12 bits per heavy atom. The Hall–Kier alpha value is -4.49. The van der Waals surface area contributed by atoms with Crippen molar-refractivity contribution < 1.29 is 19.2 Å². The second kappa shape index (κ2) is 12.4. The van der Waals surface area contributed by atoms with Crippen molar-refractivity contribution in [2.45, 2.75) is 38.6 Å². The van der Waals surface area contributed by atoms with Crippen molar-refractivity contribution in [2.75, 3.05) is 5.75 Å². The predicted octanol–water partition coefficient (Wildman–Crippen LogP) is 7.64. The average Bonchev–Trinajstić information content (AvgIpc) is 3.31. The third kappa shape index (κ3) is 6.00. The summed E-state index contributed by atoms with van der Waals surface area (Å²) in [6.07, 6.45) is 0.329. The minimum Gasteiger partial charge on any atom is -0.341 e. The van der Waals surface area contributed by atoms with E-state index in [9.17, 15) is 14.4 Å². The molecule has 5 rings (SSSR count). The largest absolute Gasteiger partial charge is 0.341 e. The molecule has 0 amide bonds. The fourth-order valence-electron chi connectivity index (χ4n) is 4.98. The Balaban J connectivity index is 1.52. The van der Waals surface area contributed by atoms with Gasteiger partial charge in [-0.3, -0.25) is 9.59 Å². The van der Waals surface area contributed by atoms with Crippen LogP contribution < -0.4 is 0 Å². The number of Topliss-reactive ketones (excluding diaryl/α,β-unsaturated/α-hetero) is 1. The first kappa shape index (κ1) is 28.1. The van der Waals surface area contributed by atoms with Crippen LogP contribution in [-0.2, 0) is 16.2 Å². The molecule has 1 aromatic heterocycles. The number of carbonyl (C=O) groups excluding carboxylic acids is 3. The summed E-state index contributed by atoms with van der Waals surface area (Å²) in [7, 11) is 0. The number of hydrogen-bond acceptors (Lipinski definition) is 6. The first-order valence-corrected chi connectivity index (χ1v) is 14.5. The van der Waals surface area contributed by atoms with E-state index in [1.54, 1.807) is 17.8 Å². The first-order valence-electron chi connectivity index (χ1n) is 13.5. The third-order valence-corrected chi connectivity index (χ3v) is 8.01. The lowest BCUT2D eigenvalue weighted by Crippen LogP contribution is -2.16. The minimum atomic E-state index is -0.585. The molecule has 41 heavy (non-hydrogen) atoms. The summed E-state index contributed by atoms with van der Waals surface area (Å²) in [5.41, 5.74) is 4.76. The van der Waals surface area contributed by atoms with Crippen LogP contribution in [0.4, 0.5) is 0 Å². The van der Waals surface area contributed by atoms with E-state index in [-0.39, 0.29) is 17.3 Å². The number of hydrogen-bond donors (Lipinski definition) is 0. The van der Waals surface area contributed by atoms with E-state index in [4.69, 9.17) is 4.84 Å². The smallest absolute Gasteiger partial charge is 0.331 e. The van der Waals surface area contributed by atoms with Gasteiger partial charge in [-0.1, -0.05) is 47.6 Å². The number of fused-ring (bicyclic) bond motifs is 3. The molecule has 0 spiro atoms. The van der Waals surface area contributed by atoms with Crippen LogP contribution in [0.5, 0.6) is 0 Å². The molecule has 206 valence electrons. The molecule has 4 aromatic carbocycles. The van der Waals surface area contributed by atoms with Gasteiger partial charge in [0.15, 0.2) is 5.78 Å². The number of carbonyl (C=O) groups is 3. The average molecular weight is 563 g/mol. The van der Waals surface area contributed by atoms with Gasteiger partial charge >= 0.3 is 5.97 Å². The summed E-state index contributed by atoms with van der Waals surface area (Å²) in [4.78, 5) is 44.5. The number of thioether (sulfide) groups is 1. The summed E-state index contributed by atoms with van der Waals surface area (Å²) in [5.74, 6) is -0.330. The van der Waals surface area contributed by atoms with Gasteiger partial charge < -0.3 is 9.40 Å². The zero-order valence-corrected chi connectivity index (χ0v) is 24.0. The Morgan fingerprint density at radius 1 is 0.829 bits per heavy atom. The monoisotopic (exact) mass is 562 g/mol. The molecule has 0 aliphatic heterocycles. The van der Waals surface area contributed by atoms with Gasteiger partial charge in [0, 0.05) is 69.0 Å². The molecule has 0 radical (unpaired) electrons. The van der Waals surface area contributed by atoms with Gasteiger partial charge in [0.2, 0.25) is 5.78 Å². The van der Waals surface area contributed by atoms with Crippen molar-refractivity contribution in [3.05, 3.63) is 113 Å². The van der Waals surface area contributed by atoms with Crippen LogP contribution in [0, 0.1) is 6.92 Å². The minimum absolute atomic E-state index is 0.0404. The molecule has 0 unspecified atom stereocenters. The molecule has 0 aliphatic carbocycles. The zero-order chi connectivity index (χ0) is 28.9.